The van der Waals surface area contributed by atoms with Crippen molar-refractivity contribution in [2.75, 3.05) is 0 Å². The van der Waals surface area contributed by atoms with E-state index in [0.29, 0.717) is 0 Å². The monoisotopic (exact) mass is 472 g/mol. The Hall–Kier alpha value is -1.74. The van der Waals surface area contributed by atoms with Gasteiger partial charge in [-0.3, -0.25) is 0 Å². The van der Waals surface area contributed by atoms with Gasteiger partial charge in [-0.25, -0.2) is 19.6 Å². The summed E-state index contributed by atoms with van der Waals surface area (Å²) in [7, 11) is 0. The Bertz CT molecular complexity index is 785. The van der Waals surface area contributed by atoms with E-state index in [1.807, 2.05) is 0 Å². The molecule has 0 atom stereocenters. The van der Waals surface area contributed by atoms with Crippen molar-refractivity contribution in [3.05, 3.63) is 30.6 Å². The summed E-state index contributed by atoms with van der Waals surface area (Å²) in [5, 5.41) is 15.2. The Morgan fingerprint density at radius 1 is 0.960 bits per heavy atom. The minimum atomic E-state index is -4.60. The lowest BCUT2D eigenvalue weighted by atomic mass is 10.5. The van der Waals surface area contributed by atoms with E-state index in [4.69, 9.17) is 10.2 Å². The molecular weight excluding hydrogens is 470 g/mol. The van der Waals surface area contributed by atoms with E-state index in [1.54, 1.807) is 0 Å². The zero-order valence-electron chi connectivity index (χ0n) is 11.1. The first-order valence-electron chi connectivity index (χ1n) is 5.46. The SMILES string of the molecule is O=C(O)c1csc(C(F)(F)F)n1.O=C(O)c1nc(C(F)(F)F)sc1Br. The molecule has 2 aromatic rings. The van der Waals surface area contributed by atoms with E-state index in [0.717, 1.165) is 5.38 Å². The van der Waals surface area contributed by atoms with Crippen LogP contribution in [0.1, 0.15) is 31.0 Å². The molecule has 0 aliphatic heterocycles. The Morgan fingerprint density at radius 2 is 1.48 bits per heavy atom. The van der Waals surface area contributed by atoms with Crippen molar-refractivity contribution >= 4 is 50.5 Å². The first kappa shape index (κ1) is 21.3. The number of alkyl halides is 6. The summed E-state index contributed by atoms with van der Waals surface area (Å²) >= 11 is 3.20. The number of aromatic carboxylic acids is 2. The normalized spacial score (nSPS) is 11.6. The maximum absolute atomic E-state index is 12.0. The number of halogens is 7. The number of thiazole rings is 2. The smallest absolute Gasteiger partial charge is 0.443 e. The van der Waals surface area contributed by atoms with Crippen LogP contribution in [0, 0.1) is 0 Å². The number of nitrogens with zero attached hydrogens (tertiary/aromatic N) is 2. The first-order chi connectivity index (χ1) is 11.2. The quantitative estimate of drug-likeness (QED) is 0.624. The Morgan fingerprint density at radius 3 is 1.72 bits per heavy atom. The number of hydrogen-bond acceptors (Lipinski definition) is 6. The zero-order valence-corrected chi connectivity index (χ0v) is 14.4. The minimum Gasteiger partial charge on any atom is -0.476 e. The van der Waals surface area contributed by atoms with Crippen LogP contribution >= 0.6 is 38.6 Å². The molecule has 2 heterocycles. The van der Waals surface area contributed by atoms with Crippen molar-refractivity contribution in [3.63, 3.8) is 0 Å². The Labute approximate surface area is 149 Å². The van der Waals surface area contributed by atoms with E-state index >= 15 is 0 Å². The van der Waals surface area contributed by atoms with Crippen LogP contribution in [-0.2, 0) is 12.4 Å². The second-order valence-corrected chi connectivity index (χ2v) is 6.96. The van der Waals surface area contributed by atoms with Crippen LogP contribution in [0.15, 0.2) is 9.17 Å². The fourth-order valence-corrected chi connectivity index (χ4v) is 3.09. The lowest BCUT2D eigenvalue weighted by Gasteiger charge is -1.98. The summed E-state index contributed by atoms with van der Waals surface area (Å²) in [6.45, 7) is 0. The number of carbonyl (C=O) groups is 2. The third-order valence-electron chi connectivity index (χ3n) is 2.00. The van der Waals surface area contributed by atoms with Crippen LogP contribution in [0.5, 0.6) is 0 Å². The van der Waals surface area contributed by atoms with Gasteiger partial charge in [0.05, 0.1) is 0 Å². The Balaban J connectivity index is 0.000000251. The van der Waals surface area contributed by atoms with Gasteiger partial charge in [0.25, 0.3) is 0 Å². The summed E-state index contributed by atoms with van der Waals surface area (Å²) < 4.78 is 71.3. The molecule has 0 fully saturated rings. The molecule has 0 bridgehead atoms. The van der Waals surface area contributed by atoms with Crippen molar-refractivity contribution in [3.8, 4) is 0 Å². The van der Waals surface area contributed by atoms with Gasteiger partial charge in [0, 0.05) is 5.38 Å². The van der Waals surface area contributed by atoms with Gasteiger partial charge >= 0.3 is 24.3 Å². The maximum atomic E-state index is 12.0. The molecule has 0 radical (unpaired) electrons. The third kappa shape index (κ3) is 5.93. The van der Waals surface area contributed by atoms with Crippen molar-refractivity contribution < 1.29 is 46.1 Å². The molecule has 0 aromatic carbocycles. The van der Waals surface area contributed by atoms with E-state index in [9.17, 15) is 35.9 Å². The molecule has 2 N–H and O–H groups in total. The molecule has 0 spiro atoms. The maximum Gasteiger partial charge on any atom is 0.443 e. The van der Waals surface area contributed by atoms with Crippen molar-refractivity contribution in [2.45, 2.75) is 12.4 Å². The lowest BCUT2D eigenvalue weighted by molar-refractivity contribution is -0.138. The van der Waals surface area contributed by atoms with Gasteiger partial charge in [0.15, 0.2) is 21.4 Å². The number of aromatic nitrogens is 2. The van der Waals surface area contributed by atoms with Crippen LogP contribution < -0.4 is 0 Å². The van der Waals surface area contributed by atoms with E-state index < -0.39 is 45.7 Å². The van der Waals surface area contributed by atoms with E-state index in [-0.39, 0.29) is 26.5 Å². The molecule has 0 unspecified atom stereocenters. The third-order valence-corrected chi connectivity index (χ3v) is 4.63. The summed E-state index contributed by atoms with van der Waals surface area (Å²) in [4.78, 5) is 26.2. The molecule has 15 heteroatoms. The van der Waals surface area contributed by atoms with Crippen molar-refractivity contribution in [1.29, 1.82) is 0 Å². The highest BCUT2D eigenvalue weighted by molar-refractivity contribution is 9.11. The summed E-state index contributed by atoms with van der Waals surface area (Å²) in [5.74, 6) is -2.94. The molecule has 25 heavy (non-hydrogen) atoms. The van der Waals surface area contributed by atoms with Crippen molar-refractivity contribution in [2.24, 2.45) is 0 Å². The highest BCUT2D eigenvalue weighted by Crippen LogP contribution is 2.36. The molecule has 0 saturated carbocycles. The molecule has 138 valence electrons. The molecule has 0 aliphatic rings. The standard InChI is InChI=1S/C5HBrF3NO2S.C5H2F3NO2S/c6-2-1(3(11)12)10-4(13-2)5(7,8)9;6-5(7,8)4-9-2(1-12-4)3(10)11/h(H,11,12);1H,(H,10,11). The van der Waals surface area contributed by atoms with Crippen molar-refractivity contribution in [1.82, 2.24) is 9.97 Å². The summed E-state index contributed by atoms with van der Waals surface area (Å²) in [5.41, 5.74) is -1.19. The van der Waals surface area contributed by atoms with Crippen LogP contribution in [0.4, 0.5) is 26.3 Å². The fourth-order valence-electron chi connectivity index (χ4n) is 1.06. The van der Waals surface area contributed by atoms with Crippen LogP contribution in [0.3, 0.4) is 0 Å². The average molecular weight is 473 g/mol. The molecular formula is C10H3BrF6N2O4S2. The molecule has 6 nitrogen and oxygen atoms in total. The largest absolute Gasteiger partial charge is 0.476 e. The second-order valence-electron chi connectivity index (χ2n) is 3.79. The predicted molar refractivity (Wildman–Crippen MR) is 75.9 cm³/mol. The van der Waals surface area contributed by atoms with E-state index in [1.165, 1.54) is 0 Å². The van der Waals surface area contributed by atoms with Gasteiger partial charge in [-0.05, 0) is 15.9 Å². The lowest BCUT2D eigenvalue weighted by Crippen LogP contribution is -2.05. The topological polar surface area (TPSA) is 100 Å². The first-order valence-corrected chi connectivity index (χ1v) is 7.95. The van der Waals surface area contributed by atoms with Gasteiger partial charge in [-0.15, -0.1) is 22.7 Å². The van der Waals surface area contributed by atoms with Gasteiger partial charge < -0.3 is 10.2 Å². The van der Waals surface area contributed by atoms with E-state index in [2.05, 4.69) is 25.9 Å². The molecule has 0 amide bonds. The second kappa shape index (κ2) is 7.65. The van der Waals surface area contributed by atoms with Gasteiger partial charge in [0.2, 0.25) is 0 Å². The summed E-state index contributed by atoms with van der Waals surface area (Å²) in [6.07, 6.45) is -9.15. The number of carboxylic acids is 2. The van der Waals surface area contributed by atoms with Crippen LogP contribution in [-0.4, -0.2) is 32.1 Å². The predicted octanol–water partition coefficient (Wildman–Crippen LogP) is 4.48. The van der Waals surface area contributed by atoms with Crippen LogP contribution in [0.2, 0.25) is 0 Å². The number of carboxylic acid groups (broad SMARTS) is 2. The molecule has 0 saturated heterocycles. The molecule has 0 aliphatic carbocycles. The molecule has 2 rings (SSSR count). The zero-order chi connectivity index (χ0) is 19.6. The highest BCUT2D eigenvalue weighted by Gasteiger charge is 2.37. The Kier molecular flexibility index (Phi) is 6.52. The average Bonchev–Trinajstić information content (AvgIpc) is 3.03. The number of rotatable bonds is 2. The van der Waals surface area contributed by atoms with Crippen LogP contribution in [0.25, 0.3) is 0 Å². The van der Waals surface area contributed by atoms with Gasteiger partial charge in [-0.1, -0.05) is 0 Å². The number of hydrogen-bond donors (Lipinski definition) is 2. The van der Waals surface area contributed by atoms with Gasteiger partial charge in [-0.2, -0.15) is 26.3 Å². The molecule has 2 aromatic heterocycles. The fraction of sp³-hybridized carbons (Fsp3) is 0.200. The van der Waals surface area contributed by atoms with Gasteiger partial charge in [0.1, 0.15) is 3.79 Å². The highest BCUT2D eigenvalue weighted by atomic mass is 79.9. The summed E-state index contributed by atoms with van der Waals surface area (Å²) in [6, 6.07) is 0. The minimum absolute atomic E-state index is 0.132.